The lowest BCUT2D eigenvalue weighted by Crippen LogP contribution is -2.58. The van der Waals surface area contributed by atoms with Gasteiger partial charge in [0.2, 0.25) is 0 Å². The molecule has 4 aromatic carbocycles. The number of fused-ring (bicyclic) bond motifs is 13. The van der Waals surface area contributed by atoms with Crippen molar-refractivity contribution in [1.82, 2.24) is 0 Å². The second kappa shape index (κ2) is 19.3. The molecule has 1 fully saturated rings. The quantitative estimate of drug-likeness (QED) is 0.0482. The van der Waals surface area contributed by atoms with Gasteiger partial charge in [0.05, 0.1) is 12.2 Å². The van der Waals surface area contributed by atoms with E-state index in [1.165, 1.54) is 16.7 Å². The van der Waals surface area contributed by atoms with Crippen LogP contribution in [0.15, 0.2) is 117 Å². The Balaban J connectivity index is 1.18. The fraction of sp³-hybridized carbons (Fsp3) is 0.415. The van der Waals surface area contributed by atoms with Crippen LogP contribution in [0, 0.1) is 11.8 Å². The van der Waals surface area contributed by atoms with Crippen LogP contribution in [-0.2, 0) is 55.9 Å². The average molecular weight is 839 g/mol. The summed E-state index contributed by atoms with van der Waals surface area (Å²) in [5.74, 6) is -0.526. The zero-order chi connectivity index (χ0) is 43.2. The number of aryl methyl sites for hydroxylation is 2. The molecule has 1 N–H and O–H groups in total. The summed E-state index contributed by atoms with van der Waals surface area (Å²) >= 11 is 0. The molecule has 0 unspecified atom stereocenters. The van der Waals surface area contributed by atoms with Crippen LogP contribution in [0.4, 0.5) is 0 Å². The van der Waals surface area contributed by atoms with Crippen LogP contribution in [0.5, 0.6) is 5.75 Å². The minimum absolute atomic E-state index is 0.00961. The number of benzene rings is 4. The van der Waals surface area contributed by atoms with Crippen molar-refractivity contribution >= 4 is 22.9 Å². The van der Waals surface area contributed by atoms with E-state index in [2.05, 4.69) is 72.8 Å². The van der Waals surface area contributed by atoms with Crippen LogP contribution >= 0.6 is 0 Å². The minimum Gasteiger partial charge on any atom is -0.483 e. The van der Waals surface area contributed by atoms with Crippen molar-refractivity contribution in [2.24, 2.45) is 11.8 Å². The van der Waals surface area contributed by atoms with Gasteiger partial charge in [-0.25, -0.2) is 9.59 Å². The summed E-state index contributed by atoms with van der Waals surface area (Å²) in [6.45, 7) is 5.49. The summed E-state index contributed by atoms with van der Waals surface area (Å²) in [5.41, 5.74) is 6.72. The third kappa shape index (κ3) is 9.74. The van der Waals surface area contributed by atoms with Gasteiger partial charge in [0.1, 0.15) is 23.7 Å². The van der Waals surface area contributed by atoms with Crippen LogP contribution in [0.2, 0.25) is 0 Å². The van der Waals surface area contributed by atoms with E-state index < -0.39 is 42.2 Å². The number of ether oxygens (including phenoxy) is 4. The van der Waals surface area contributed by atoms with E-state index in [9.17, 15) is 14.4 Å². The van der Waals surface area contributed by atoms with E-state index >= 15 is 0 Å². The Bertz CT molecular complexity index is 2460. The highest BCUT2D eigenvalue weighted by molar-refractivity contribution is 5.90. The second-order valence-electron chi connectivity index (χ2n) is 17.8. The molecule has 9 heteroatoms. The van der Waals surface area contributed by atoms with Gasteiger partial charge in [-0.2, -0.15) is 0 Å². The largest absolute Gasteiger partial charge is 0.483 e. The molecule has 9 rings (SSSR count). The van der Waals surface area contributed by atoms with E-state index in [0.717, 1.165) is 61.6 Å². The Labute approximate surface area is 364 Å². The van der Waals surface area contributed by atoms with Gasteiger partial charge < -0.3 is 28.5 Å². The lowest BCUT2D eigenvalue weighted by molar-refractivity contribution is -0.199. The molecule has 3 aliphatic heterocycles. The number of rotatable bonds is 10. The van der Waals surface area contributed by atoms with Gasteiger partial charge in [0.25, 0.3) is 0 Å². The Morgan fingerprint density at radius 1 is 0.790 bits per heavy atom. The zero-order valence-corrected chi connectivity index (χ0v) is 36.2. The molecule has 1 aromatic heterocycles. The van der Waals surface area contributed by atoms with Crippen LogP contribution < -0.4 is 10.4 Å². The fourth-order valence-electron chi connectivity index (χ4n) is 9.86. The van der Waals surface area contributed by atoms with Crippen molar-refractivity contribution in [2.75, 3.05) is 13.4 Å². The number of aliphatic hydroxyl groups is 1. The molecule has 4 aliphatic rings. The molecule has 0 amide bonds. The van der Waals surface area contributed by atoms with Gasteiger partial charge in [-0.15, -0.1) is 0 Å². The van der Waals surface area contributed by atoms with Crippen molar-refractivity contribution < 1.29 is 38.1 Å². The highest BCUT2D eigenvalue weighted by Gasteiger charge is 2.57. The molecule has 9 nitrogen and oxygen atoms in total. The van der Waals surface area contributed by atoms with Crippen molar-refractivity contribution in [1.29, 1.82) is 0 Å². The molecule has 4 heterocycles. The second-order valence-corrected chi connectivity index (χ2v) is 17.8. The third-order valence-corrected chi connectivity index (χ3v) is 13.3. The third-order valence-electron chi connectivity index (χ3n) is 13.3. The maximum atomic E-state index is 14.7. The fourth-order valence-corrected chi connectivity index (χ4v) is 9.86. The first kappa shape index (κ1) is 43.2. The predicted molar refractivity (Wildman–Crippen MR) is 238 cm³/mol. The standard InChI is InChI=1S/C53H58O9/c1-34(2)44-24-22-35-16-18-38(19-17-35)30-40(21-20-37-12-9-13-39(29-37)28-36-10-5-4-6-11-36)31-46(55)59-49-47-45(62-53(3,43-14-7-8-15-43)50(49)61-52(44)57)25-23-41-32-42(26-27-58-33-54)51(56)60-48(41)47/h4-6,9-13,16-19,23,25,29,32,40,43,49-50,54H,7-8,14-15,20-22,24,26-28,30-31,33H2,1-3H3/t40-,49+,50+,53+/m1/s1. The van der Waals surface area contributed by atoms with Gasteiger partial charge in [-0.3, -0.25) is 4.79 Å². The average Bonchev–Trinajstić information content (AvgIpc) is 3.82. The Morgan fingerprint density at radius 3 is 2.29 bits per heavy atom. The number of carbonyl (C=O) groups excluding carboxylic acids is 2. The first-order valence-electron chi connectivity index (χ1n) is 22.3. The summed E-state index contributed by atoms with van der Waals surface area (Å²) < 4.78 is 31.6. The SMILES string of the molecule is CC(C)=C1CCc2ccc(cc2)C[C@@H](CCc2cccc(Cc3ccccc3)c2)CC(=O)O[C@H]2c3c(ccc4cc(CCOCO)c(=O)oc34)O[C@@](C)(C3CCCC3)[C@H]2OC1=O. The van der Waals surface area contributed by atoms with Crippen molar-refractivity contribution in [2.45, 2.75) is 116 Å². The molecule has 1 saturated carbocycles. The molecule has 324 valence electrons. The smallest absolute Gasteiger partial charge is 0.339 e. The number of hydrogen-bond acceptors (Lipinski definition) is 9. The molecule has 0 saturated heterocycles. The predicted octanol–water partition coefficient (Wildman–Crippen LogP) is 9.89. The highest BCUT2D eigenvalue weighted by Crippen LogP contribution is 2.52. The summed E-state index contributed by atoms with van der Waals surface area (Å²) in [5, 5.41) is 9.76. The number of esters is 2. The molecular formula is C53H58O9. The van der Waals surface area contributed by atoms with Crippen molar-refractivity contribution in [3.05, 3.63) is 158 Å². The molecule has 1 aliphatic carbocycles. The molecule has 2 bridgehead atoms. The summed E-state index contributed by atoms with van der Waals surface area (Å²) in [7, 11) is 0. The Morgan fingerprint density at radius 2 is 1.53 bits per heavy atom. The van der Waals surface area contributed by atoms with Gasteiger partial charge >= 0.3 is 17.6 Å². The summed E-state index contributed by atoms with van der Waals surface area (Å²) in [4.78, 5) is 42.8. The van der Waals surface area contributed by atoms with Crippen molar-refractivity contribution in [3.63, 3.8) is 0 Å². The number of allylic oxidation sites excluding steroid dienone is 1. The summed E-state index contributed by atoms with van der Waals surface area (Å²) in [6, 6.07) is 33.1. The van der Waals surface area contributed by atoms with E-state index in [4.69, 9.17) is 28.5 Å². The van der Waals surface area contributed by atoms with Gasteiger partial charge in [-0.05, 0) is 124 Å². The van der Waals surface area contributed by atoms with Gasteiger partial charge in [0, 0.05) is 35.3 Å². The van der Waals surface area contributed by atoms with Crippen LogP contribution in [0.25, 0.3) is 11.0 Å². The van der Waals surface area contributed by atoms with E-state index in [1.807, 2.05) is 39.0 Å². The first-order valence-corrected chi connectivity index (χ1v) is 22.3. The first-order chi connectivity index (χ1) is 30.1. The Kier molecular flexibility index (Phi) is 13.4. The molecule has 5 aromatic rings. The van der Waals surface area contributed by atoms with E-state index in [1.54, 1.807) is 6.07 Å². The molecule has 0 spiro atoms. The molecule has 0 radical (unpaired) electrons. The van der Waals surface area contributed by atoms with E-state index in [-0.39, 0.29) is 36.9 Å². The number of aliphatic hydroxyl groups excluding tert-OH is 1. The lowest BCUT2D eigenvalue weighted by Gasteiger charge is -2.48. The maximum absolute atomic E-state index is 14.7. The van der Waals surface area contributed by atoms with Gasteiger partial charge in [0.15, 0.2) is 12.2 Å². The van der Waals surface area contributed by atoms with Crippen molar-refractivity contribution in [3.8, 4) is 5.75 Å². The minimum atomic E-state index is -1.13. The van der Waals surface area contributed by atoms with Gasteiger partial charge in [-0.1, -0.05) is 97.3 Å². The zero-order valence-electron chi connectivity index (χ0n) is 36.2. The highest BCUT2D eigenvalue weighted by atomic mass is 16.6. The monoisotopic (exact) mass is 838 g/mol. The number of carbonyl (C=O) groups is 2. The molecular weight excluding hydrogens is 781 g/mol. The molecule has 4 atom stereocenters. The van der Waals surface area contributed by atoms with Crippen LogP contribution in [0.3, 0.4) is 0 Å². The maximum Gasteiger partial charge on any atom is 0.339 e. The lowest BCUT2D eigenvalue weighted by atomic mass is 9.76. The summed E-state index contributed by atoms with van der Waals surface area (Å²) in [6.07, 6.45) is 6.11. The van der Waals surface area contributed by atoms with Crippen LogP contribution in [0.1, 0.15) is 111 Å². The Hall–Kier alpha value is -5.51. The van der Waals surface area contributed by atoms with E-state index in [0.29, 0.717) is 47.1 Å². The normalized spacial score (nSPS) is 22.1. The topological polar surface area (TPSA) is 122 Å². The molecule has 62 heavy (non-hydrogen) atoms. The van der Waals surface area contributed by atoms with Crippen LogP contribution in [-0.4, -0.2) is 42.1 Å². The number of hydrogen-bond donors (Lipinski definition) is 1.